The highest BCUT2D eigenvalue weighted by molar-refractivity contribution is 5.91. The molecule has 29 heavy (non-hydrogen) atoms. The largest absolute Gasteiger partial charge is 0.436 e. The first kappa shape index (κ1) is 18.4. The average Bonchev–Trinajstić information content (AvgIpc) is 3.03. The molecule has 8 nitrogen and oxygen atoms in total. The number of benzene rings is 2. The Hall–Kier alpha value is -3.94. The van der Waals surface area contributed by atoms with Gasteiger partial charge in [0.25, 0.3) is 5.88 Å². The van der Waals surface area contributed by atoms with Crippen LogP contribution in [0.4, 0.5) is 5.69 Å². The third-order valence-electron chi connectivity index (χ3n) is 4.60. The Morgan fingerprint density at radius 1 is 1.10 bits per heavy atom. The minimum Gasteiger partial charge on any atom is -0.436 e. The van der Waals surface area contributed by atoms with Crippen molar-refractivity contribution in [3.05, 3.63) is 82.5 Å². The molecule has 0 spiro atoms. The number of hydrogen-bond donors (Lipinski definition) is 1. The molecule has 0 bridgehead atoms. The van der Waals surface area contributed by atoms with E-state index in [2.05, 4.69) is 15.4 Å². The van der Waals surface area contributed by atoms with E-state index >= 15 is 0 Å². The predicted molar refractivity (Wildman–Crippen MR) is 108 cm³/mol. The van der Waals surface area contributed by atoms with Crippen molar-refractivity contribution in [2.75, 3.05) is 5.32 Å². The Bertz CT molecular complexity index is 1240. The van der Waals surface area contributed by atoms with Gasteiger partial charge in [-0.3, -0.25) is 4.79 Å². The molecule has 0 saturated heterocycles. The van der Waals surface area contributed by atoms with Gasteiger partial charge >= 0.3 is 5.69 Å². The van der Waals surface area contributed by atoms with Gasteiger partial charge in [-0.1, -0.05) is 30.3 Å². The quantitative estimate of drug-likeness (QED) is 0.567. The van der Waals surface area contributed by atoms with Gasteiger partial charge in [0.1, 0.15) is 12.3 Å². The standard InChI is InChI=1S/C21H19N5O3/c1-14-7-6-10-17(15(14)2)23-18(27)13-26-21(28)25-12-11-22-20(19(25)24-26)29-16-8-4-3-5-9-16/h3-12H,13H2,1-2H3,(H,23,27). The molecule has 0 aliphatic heterocycles. The van der Waals surface area contributed by atoms with Crippen LogP contribution in [0.2, 0.25) is 0 Å². The molecule has 0 aliphatic carbocycles. The molecule has 146 valence electrons. The monoisotopic (exact) mass is 389 g/mol. The van der Waals surface area contributed by atoms with Gasteiger partial charge in [0.05, 0.1) is 0 Å². The second-order valence-corrected chi connectivity index (χ2v) is 6.58. The highest BCUT2D eigenvalue weighted by Gasteiger charge is 2.16. The summed E-state index contributed by atoms with van der Waals surface area (Å²) in [6, 6.07) is 14.7. The average molecular weight is 389 g/mol. The van der Waals surface area contributed by atoms with E-state index in [1.807, 2.05) is 50.2 Å². The van der Waals surface area contributed by atoms with Gasteiger partial charge in [-0.25, -0.2) is 18.9 Å². The molecule has 2 aromatic heterocycles. The highest BCUT2D eigenvalue weighted by Crippen LogP contribution is 2.21. The molecule has 4 aromatic rings. The number of carbonyl (C=O) groups excluding carboxylic acids is 1. The zero-order chi connectivity index (χ0) is 20.4. The number of amides is 1. The van der Waals surface area contributed by atoms with Gasteiger partial charge in [-0.2, -0.15) is 0 Å². The molecule has 0 fully saturated rings. The van der Waals surface area contributed by atoms with E-state index in [9.17, 15) is 9.59 Å². The molecule has 0 aliphatic rings. The lowest BCUT2D eigenvalue weighted by atomic mass is 10.1. The Morgan fingerprint density at radius 3 is 2.69 bits per heavy atom. The van der Waals surface area contributed by atoms with E-state index in [0.29, 0.717) is 11.4 Å². The van der Waals surface area contributed by atoms with Crippen LogP contribution < -0.4 is 15.7 Å². The van der Waals surface area contributed by atoms with Crippen molar-refractivity contribution in [2.45, 2.75) is 20.4 Å². The SMILES string of the molecule is Cc1cccc(NC(=O)Cn2nc3c(Oc4ccccc4)nccn3c2=O)c1C. The van der Waals surface area contributed by atoms with E-state index in [-0.39, 0.29) is 24.0 Å². The molecule has 1 amide bonds. The fourth-order valence-electron chi connectivity index (χ4n) is 2.91. The van der Waals surface area contributed by atoms with Crippen molar-refractivity contribution >= 4 is 17.2 Å². The summed E-state index contributed by atoms with van der Waals surface area (Å²) < 4.78 is 8.14. The minimum absolute atomic E-state index is 0.185. The molecule has 8 heteroatoms. The number of carbonyl (C=O) groups is 1. The third-order valence-corrected chi connectivity index (χ3v) is 4.60. The molecule has 2 aromatic carbocycles. The van der Waals surface area contributed by atoms with Crippen LogP contribution in [0.3, 0.4) is 0 Å². The molecular weight excluding hydrogens is 370 g/mol. The van der Waals surface area contributed by atoms with Crippen LogP contribution in [0.15, 0.2) is 65.7 Å². The summed E-state index contributed by atoms with van der Waals surface area (Å²) in [5.41, 5.74) is 2.55. The number of aromatic nitrogens is 4. The van der Waals surface area contributed by atoms with E-state index < -0.39 is 5.69 Å². The normalized spacial score (nSPS) is 10.8. The van der Waals surface area contributed by atoms with Crippen molar-refractivity contribution in [1.29, 1.82) is 0 Å². The van der Waals surface area contributed by atoms with Gasteiger partial charge in [0.15, 0.2) is 0 Å². The first-order valence-corrected chi connectivity index (χ1v) is 9.06. The maximum Gasteiger partial charge on any atom is 0.351 e. The van der Waals surface area contributed by atoms with Crippen LogP contribution in [0, 0.1) is 13.8 Å². The number of aryl methyl sites for hydroxylation is 1. The summed E-state index contributed by atoms with van der Waals surface area (Å²) >= 11 is 0. The first-order valence-electron chi connectivity index (χ1n) is 9.06. The van der Waals surface area contributed by atoms with Crippen LogP contribution >= 0.6 is 0 Å². The number of ether oxygens (including phenoxy) is 1. The highest BCUT2D eigenvalue weighted by atomic mass is 16.5. The zero-order valence-electron chi connectivity index (χ0n) is 16.0. The van der Waals surface area contributed by atoms with Crippen molar-refractivity contribution in [2.24, 2.45) is 0 Å². The molecule has 2 heterocycles. The lowest BCUT2D eigenvalue weighted by Crippen LogP contribution is -2.28. The molecule has 0 radical (unpaired) electrons. The second-order valence-electron chi connectivity index (χ2n) is 6.58. The van der Waals surface area contributed by atoms with Crippen molar-refractivity contribution in [1.82, 2.24) is 19.2 Å². The minimum atomic E-state index is -0.448. The molecule has 0 saturated carbocycles. The fraction of sp³-hybridized carbons (Fsp3) is 0.143. The van der Waals surface area contributed by atoms with Crippen molar-refractivity contribution < 1.29 is 9.53 Å². The van der Waals surface area contributed by atoms with E-state index in [1.54, 1.807) is 12.1 Å². The van der Waals surface area contributed by atoms with Crippen molar-refractivity contribution in [3.63, 3.8) is 0 Å². The number of fused-ring (bicyclic) bond motifs is 1. The summed E-state index contributed by atoms with van der Waals surface area (Å²) in [7, 11) is 0. The summed E-state index contributed by atoms with van der Waals surface area (Å²) in [5.74, 6) is 0.412. The van der Waals surface area contributed by atoms with Gasteiger partial charge in [0.2, 0.25) is 11.6 Å². The van der Waals surface area contributed by atoms with Crippen molar-refractivity contribution in [3.8, 4) is 11.6 Å². The number of anilines is 1. The molecule has 1 N–H and O–H groups in total. The first-order chi connectivity index (χ1) is 14.0. The molecule has 0 unspecified atom stereocenters. The van der Waals surface area contributed by atoms with Crippen LogP contribution in [-0.2, 0) is 11.3 Å². The summed E-state index contributed by atoms with van der Waals surface area (Å²) in [6.45, 7) is 3.68. The number of para-hydroxylation sites is 1. The van der Waals surface area contributed by atoms with Crippen LogP contribution in [0.25, 0.3) is 5.65 Å². The number of nitrogens with zero attached hydrogens (tertiary/aromatic N) is 4. The Morgan fingerprint density at radius 2 is 1.90 bits per heavy atom. The molecule has 4 rings (SSSR count). The van der Waals surface area contributed by atoms with Gasteiger partial charge in [-0.05, 0) is 43.2 Å². The summed E-state index contributed by atoms with van der Waals surface area (Å²) in [5, 5.41) is 7.08. The molecular formula is C21H19N5O3. The van der Waals surface area contributed by atoms with E-state index in [0.717, 1.165) is 15.8 Å². The zero-order valence-corrected chi connectivity index (χ0v) is 16.0. The van der Waals surface area contributed by atoms with Gasteiger partial charge in [0, 0.05) is 18.1 Å². The smallest absolute Gasteiger partial charge is 0.351 e. The van der Waals surface area contributed by atoms with Crippen LogP contribution in [0.1, 0.15) is 11.1 Å². The summed E-state index contributed by atoms with van der Waals surface area (Å²) in [4.78, 5) is 29.3. The molecule has 0 atom stereocenters. The lowest BCUT2D eigenvalue weighted by Gasteiger charge is -2.09. The Kier molecular flexibility index (Phi) is 4.82. The van der Waals surface area contributed by atoms with E-state index in [1.165, 1.54) is 16.8 Å². The summed E-state index contributed by atoms with van der Waals surface area (Å²) in [6.07, 6.45) is 2.94. The Labute approximate surface area is 166 Å². The third kappa shape index (κ3) is 3.73. The number of nitrogens with one attached hydrogen (secondary N) is 1. The van der Waals surface area contributed by atoms with Crippen LogP contribution in [-0.4, -0.2) is 25.1 Å². The number of hydrogen-bond acceptors (Lipinski definition) is 5. The van der Waals surface area contributed by atoms with Gasteiger partial charge in [-0.15, -0.1) is 5.10 Å². The Balaban J connectivity index is 1.60. The second kappa shape index (κ2) is 7.59. The van der Waals surface area contributed by atoms with Crippen LogP contribution in [0.5, 0.6) is 11.6 Å². The topological polar surface area (TPSA) is 90.5 Å². The fourth-order valence-corrected chi connectivity index (χ4v) is 2.91. The maximum absolute atomic E-state index is 12.6. The van der Waals surface area contributed by atoms with Gasteiger partial charge < -0.3 is 10.1 Å². The lowest BCUT2D eigenvalue weighted by molar-refractivity contribution is -0.117. The van der Waals surface area contributed by atoms with E-state index in [4.69, 9.17) is 4.74 Å². The number of rotatable bonds is 5. The predicted octanol–water partition coefficient (Wildman–Crippen LogP) is 2.94. The maximum atomic E-state index is 12.6.